The van der Waals surface area contributed by atoms with Crippen LogP contribution in [0.25, 0.3) is 22.5 Å². The predicted octanol–water partition coefficient (Wildman–Crippen LogP) is 5.00. The van der Waals surface area contributed by atoms with E-state index in [4.69, 9.17) is 9.26 Å². The van der Waals surface area contributed by atoms with Crippen LogP contribution in [0.3, 0.4) is 0 Å². The van der Waals surface area contributed by atoms with E-state index in [-0.39, 0.29) is 18.6 Å². The molecule has 2 aromatic heterocycles. The van der Waals surface area contributed by atoms with Crippen molar-refractivity contribution in [1.29, 1.82) is 0 Å². The third-order valence-corrected chi connectivity index (χ3v) is 5.22. The number of pyridine rings is 1. The summed E-state index contributed by atoms with van der Waals surface area (Å²) in [5.74, 6) is -0.864. The maximum atomic E-state index is 12.5. The first kappa shape index (κ1) is 22.0. The van der Waals surface area contributed by atoms with Gasteiger partial charge in [-0.3, -0.25) is 9.78 Å². The topological polar surface area (TPSA) is 103 Å². The molecule has 7 nitrogen and oxygen atoms in total. The fourth-order valence-electron chi connectivity index (χ4n) is 3.50. The summed E-state index contributed by atoms with van der Waals surface area (Å²) in [6.07, 6.45) is 0.0267. The molecular formula is C26H22N2O5. The molecule has 1 N–H and O–H groups in total. The summed E-state index contributed by atoms with van der Waals surface area (Å²) >= 11 is 0. The lowest BCUT2D eigenvalue weighted by atomic mass is 9.99. The van der Waals surface area contributed by atoms with E-state index in [1.807, 2.05) is 55.5 Å². The Morgan fingerprint density at radius 1 is 0.939 bits per heavy atom. The van der Waals surface area contributed by atoms with Gasteiger partial charge in [0, 0.05) is 16.8 Å². The number of esters is 1. The molecule has 166 valence electrons. The minimum absolute atomic E-state index is 0.0267. The fraction of sp³-hybridized carbons (Fsp3) is 0.154. The van der Waals surface area contributed by atoms with Crippen molar-refractivity contribution >= 4 is 11.9 Å². The number of aryl methyl sites for hydroxylation is 2. The summed E-state index contributed by atoms with van der Waals surface area (Å²) in [5.41, 5.74) is 5.48. The van der Waals surface area contributed by atoms with Gasteiger partial charge in [0.25, 0.3) is 0 Å². The minimum Gasteiger partial charge on any atom is -0.478 e. The van der Waals surface area contributed by atoms with Gasteiger partial charge in [0.05, 0.1) is 23.4 Å². The highest BCUT2D eigenvalue weighted by atomic mass is 16.5. The summed E-state index contributed by atoms with van der Waals surface area (Å²) in [6, 6.07) is 19.8. The molecule has 4 aromatic rings. The van der Waals surface area contributed by atoms with Gasteiger partial charge in [-0.25, -0.2) is 4.79 Å². The molecule has 4 rings (SSSR count). The van der Waals surface area contributed by atoms with Gasteiger partial charge in [-0.2, -0.15) is 0 Å². The van der Waals surface area contributed by atoms with Crippen LogP contribution in [0.15, 0.2) is 71.3 Å². The van der Waals surface area contributed by atoms with E-state index in [1.54, 1.807) is 25.1 Å². The number of aromatic carboxylic acids is 1. The molecule has 0 aliphatic rings. The van der Waals surface area contributed by atoms with Crippen LogP contribution in [0.2, 0.25) is 0 Å². The Bertz CT molecular complexity index is 1310. The van der Waals surface area contributed by atoms with Crippen LogP contribution < -0.4 is 0 Å². The molecule has 0 aliphatic carbocycles. The second kappa shape index (κ2) is 9.48. The molecule has 0 unspecified atom stereocenters. The largest absolute Gasteiger partial charge is 0.478 e. The molecule has 0 atom stereocenters. The predicted molar refractivity (Wildman–Crippen MR) is 122 cm³/mol. The van der Waals surface area contributed by atoms with Crippen LogP contribution >= 0.6 is 0 Å². The second-order valence-corrected chi connectivity index (χ2v) is 7.65. The van der Waals surface area contributed by atoms with Crippen molar-refractivity contribution in [2.45, 2.75) is 26.9 Å². The second-order valence-electron chi connectivity index (χ2n) is 7.65. The SMILES string of the molecule is Cc1cccc(COC(=O)Cc2c(C)noc2-c2ccc(-c3cccc(C(=O)O)c3)cc2)n1. The van der Waals surface area contributed by atoms with E-state index in [2.05, 4.69) is 10.1 Å². The number of rotatable bonds is 7. The molecule has 33 heavy (non-hydrogen) atoms. The molecule has 0 saturated heterocycles. The van der Waals surface area contributed by atoms with Crippen LogP contribution in [-0.4, -0.2) is 27.2 Å². The van der Waals surface area contributed by atoms with Crippen molar-refractivity contribution in [2.24, 2.45) is 0 Å². The van der Waals surface area contributed by atoms with E-state index < -0.39 is 11.9 Å². The molecule has 0 aliphatic heterocycles. The molecule has 0 saturated carbocycles. The molecule has 2 aromatic carbocycles. The van der Waals surface area contributed by atoms with E-state index in [0.717, 1.165) is 22.4 Å². The first-order valence-corrected chi connectivity index (χ1v) is 10.4. The van der Waals surface area contributed by atoms with Gasteiger partial charge >= 0.3 is 11.9 Å². The lowest BCUT2D eigenvalue weighted by molar-refractivity contribution is -0.144. The highest BCUT2D eigenvalue weighted by Gasteiger charge is 2.19. The van der Waals surface area contributed by atoms with Crippen molar-refractivity contribution in [3.8, 4) is 22.5 Å². The van der Waals surface area contributed by atoms with Gasteiger partial charge in [0.1, 0.15) is 6.61 Å². The third-order valence-electron chi connectivity index (χ3n) is 5.22. The number of benzene rings is 2. The van der Waals surface area contributed by atoms with Gasteiger partial charge in [0.2, 0.25) is 0 Å². The van der Waals surface area contributed by atoms with Gasteiger partial charge < -0.3 is 14.4 Å². The van der Waals surface area contributed by atoms with Crippen LogP contribution in [0.1, 0.15) is 33.0 Å². The Morgan fingerprint density at radius 2 is 1.67 bits per heavy atom. The number of ether oxygens (including phenoxy) is 1. The number of carboxylic acids is 1. The molecule has 0 amide bonds. The first-order chi connectivity index (χ1) is 15.9. The van der Waals surface area contributed by atoms with Gasteiger partial charge in [0.15, 0.2) is 5.76 Å². The molecular weight excluding hydrogens is 420 g/mol. The van der Waals surface area contributed by atoms with Gasteiger partial charge in [-0.1, -0.05) is 47.6 Å². The van der Waals surface area contributed by atoms with E-state index in [0.29, 0.717) is 22.7 Å². The zero-order valence-corrected chi connectivity index (χ0v) is 18.2. The molecule has 0 spiro atoms. The normalized spacial score (nSPS) is 10.7. The number of carbonyl (C=O) groups is 2. The van der Waals surface area contributed by atoms with E-state index in [1.165, 1.54) is 0 Å². The van der Waals surface area contributed by atoms with Crippen molar-refractivity contribution in [2.75, 3.05) is 0 Å². The smallest absolute Gasteiger partial charge is 0.335 e. The maximum Gasteiger partial charge on any atom is 0.335 e. The first-order valence-electron chi connectivity index (χ1n) is 10.4. The number of carboxylic acid groups (broad SMARTS) is 1. The van der Waals surface area contributed by atoms with Crippen molar-refractivity contribution in [3.05, 3.63) is 94.9 Å². The van der Waals surface area contributed by atoms with E-state index >= 15 is 0 Å². The zero-order valence-electron chi connectivity index (χ0n) is 18.2. The molecule has 2 heterocycles. The Labute approximate surface area is 190 Å². The van der Waals surface area contributed by atoms with Gasteiger partial charge in [-0.05, 0) is 49.2 Å². The number of carbonyl (C=O) groups excluding carboxylic acids is 1. The molecule has 7 heteroatoms. The Kier molecular flexibility index (Phi) is 6.31. The lowest BCUT2D eigenvalue weighted by Gasteiger charge is -2.07. The molecule has 0 bridgehead atoms. The maximum absolute atomic E-state index is 12.5. The Balaban J connectivity index is 1.49. The van der Waals surface area contributed by atoms with Crippen molar-refractivity contribution in [3.63, 3.8) is 0 Å². The average Bonchev–Trinajstić information content (AvgIpc) is 3.18. The number of nitrogens with zero attached hydrogens (tertiary/aromatic N) is 2. The standard InChI is InChI=1S/C26H22N2O5/c1-16-5-3-8-22(27-16)15-32-24(29)14-23-17(2)28-33-25(23)19-11-9-18(10-12-19)20-6-4-7-21(13-20)26(30)31/h3-13H,14-15H2,1-2H3,(H,30,31). The van der Waals surface area contributed by atoms with Crippen molar-refractivity contribution in [1.82, 2.24) is 10.1 Å². The highest BCUT2D eigenvalue weighted by molar-refractivity contribution is 5.89. The third kappa shape index (κ3) is 5.15. The summed E-state index contributed by atoms with van der Waals surface area (Å²) in [6.45, 7) is 3.76. The zero-order chi connectivity index (χ0) is 23.4. The average molecular weight is 442 g/mol. The Hall–Kier alpha value is -4.26. The van der Waals surface area contributed by atoms with Crippen LogP contribution in [0.5, 0.6) is 0 Å². The summed E-state index contributed by atoms with van der Waals surface area (Å²) in [7, 11) is 0. The van der Waals surface area contributed by atoms with Crippen LogP contribution in [-0.2, 0) is 22.6 Å². The summed E-state index contributed by atoms with van der Waals surface area (Å²) < 4.78 is 10.9. The quantitative estimate of drug-likeness (QED) is 0.402. The summed E-state index contributed by atoms with van der Waals surface area (Å²) in [4.78, 5) is 28.0. The number of hydrogen-bond acceptors (Lipinski definition) is 6. The lowest BCUT2D eigenvalue weighted by Crippen LogP contribution is -2.10. The van der Waals surface area contributed by atoms with Crippen LogP contribution in [0, 0.1) is 13.8 Å². The molecule has 0 radical (unpaired) electrons. The monoisotopic (exact) mass is 442 g/mol. The fourth-order valence-corrected chi connectivity index (χ4v) is 3.50. The van der Waals surface area contributed by atoms with Gasteiger partial charge in [-0.15, -0.1) is 0 Å². The number of aromatic nitrogens is 2. The Morgan fingerprint density at radius 3 is 2.39 bits per heavy atom. The number of hydrogen-bond donors (Lipinski definition) is 1. The van der Waals surface area contributed by atoms with E-state index in [9.17, 15) is 14.7 Å². The minimum atomic E-state index is -0.972. The highest BCUT2D eigenvalue weighted by Crippen LogP contribution is 2.29. The van der Waals surface area contributed by atoms with Crippen molar-refractivity contribution < 1.29 is 24.0 Å². The summed E-state index contributed by atoms with van der Waals surface area (Å²) in [5, 5.41) is 13.2. The van der Waals surface area contributed by atoms with Crippen LogP contribution in [0.4, 0.5) is 0 Å². The molecule has 0 fully saturated rings.